The topological polar surface area (TPSA) is 125 Å². The van der Waals surface area contributed by atoms with E-state index in [-0.39, 0.29) is 11.1 Å². The zero-order valence-corrected chi connectivity index (χ0v) is 31.2. The predicted molar refractivity (Wildman–Crippen MR) is 194 cm³/mol. The standard InChI is InChI=1S/C41H58O11/c1-45-35-25-21-33(22-26-35)37(42)49-51-40(29-17-13-9-5-3-6-10-14-18-30-40)47-39(44)48-41(31-19-15-11-7-4-8-12-16-20-32-41)52-50-38(43)34-23-27-36(46-2)28-24-34/h21-28H,3-20,29-32H2,1-2H3. The van der Waals surface area contributed by atoms with Crippen LogP contribution in [0.4, 0.5) is 4.79 Å². The summed E-state index contributed by atoms with van der Waals surface area (Å²) in [5.74, 6) is -3.45. The molecular formula is C41H58O11. The molecule has 11 nitrogen and oxygen atoms in total. The third-order valence-electron chi connectivity index (χ3n) is 9.96. The van der Waals surface area contributed by atoms with Crippen LogP contribution in [0.25, 0.3) is 0 Å². The summed E-state index contributed by atoms with van der Waals surface area (Å²) in [6.45, 7) is 0. The number of rotatable bonds is 10. The predicted octanol–water partition coefficient (Wildman–Crippen LogP) is 10.7. The van der Waals surface area contributed by atoms with Gasteiger partial charge in [0.15, 0.2) is 0 Å². The minimum atomic E-state index is -1.59. The van der Waals surface area contributed by atoms with Crippen LogP contribution in [0.2, 0.25) is 0 Å². The average molecular weight is 727 g/mol. The van der Waals surface area contributed by atoms with Gasteiger partial charge in [0, 0.05) is 25.7 Å². The fourth-order valence-electron chi connectivity index (χ4n) is 6.81. The van der Waals surface area contributed by atoms with Gasteiger partial charge in [-0.3, -0.25) is 9.78 Å². The molecular weight excluding hydrogens is 668 g/mol. The van der Waals surface area contributed by atoms with Crippen molar-refractivity contribution in [1.29, 1.82) is 0 Å². The van der Waals surface area contributed by atoms with Crippen molar-refractivity contribution >= 4 is 18.1 Å². The second kappa shape index (κ2) is 22.3. The number of carbonyl (C=O) groups is 3. The van der Waals surface area contributed by atoms with Crippen molar-refractivity contribution in [2.45, 2.75) is 153 Å². The molecule has 0 saturated heterocycles. The summed E-state index contributed by atoms with van der Waals surface area (Å²) >= 11 is 0. The first kappa shape index (κ1) is 40.9. The molecule has 11 heteroatoms. The molecule has 4 rings (SSSR count). The van der Waals surface area contributed by atoms with Crippen LogP contribution >= 0.6 is 0 Å². The minimum Gasteiger partial charge on any atom is -0.497 e. The second-order valence-corrected chi connectivity index (χ2v) is 14.0. The van der Waals surface area contributed by atoms with Gasteiger partial charge in [0.05, 0.1) is 25.3 Å². The Morgan fingerprint density at radius 2 is 0.692 bits per heavy atom. The van der Waals surface area contributed by atoms with E-state index in [2.05, 4.69) is 0 Å². The van der Waals surface area contributed by atoms with Crippen molar-refractivity contribution in [3.8, 4) is 11.5 Å². The van der Waals surface area contributed by atoms with E-state index in [4.69, 9.17) is 38.5 Å². The van der Waals surface area contributed by atoms with E-state index in [0.717, 1.165) is 77.0 Å². The number of ether oxygens (including phenoxy) is 4. The summed E-state index contributed by atoms with van der Waals surface area (Å²) in [4.78, 5) is 62.8. The van der Waals surface area contributed by atoms with Crippen molar-refractivity contribution < 1.29 is 52.9 Å². The SMILES string of the molecule is COc1ccc(C(=O)OOC2(OC(=O)OC3(OOC(=O)c4ccc(OC)cc4)CCCCCCCCCCC3)CCCCCCCCCCC2)cc1. The Morgan fingerprint density at radius 3 is 0.962 bits per heavy atom. The van der Waals surface area contributed by atoms with Crippen molar-refractivity contribution in [3.05, 3.63) is 59.7 Å². The highest BCUT2D eigenvalue weighted by Crippen LogP contribution is 2.35. The summed E-state index contributed by atoms with van der Waals surface area (Å²) in [7, 11) is 3.09. The first-order chi connectivity index (χ1) is 25.4. The smallest absolute Gasteiger partial charge is 0.497 e. The average Bonchev–Trinajstić information content (AvgIpc) is 3.15. The molecule has 2 aliphatic carbocycles. The van der Waals surface area contributed by atoms with Gasteiger partial charge in [-0.05, 0) is 74.2 Å². The molecule has 2 aliphatic rings. The van der Waals surface area contributed by atoms with E-state index in [1.54, 1.807) is 62.8 Å². The molecule has 0 atom stereocenters. The molecule has 0 spiro atoms. The van der Waals surface area contributed by atoms with E-state index >= 15 is 0 Å². The lowest BCUT2D eigenvalue weighted by atomic mass is 9.97. The molecule has 2 saturated carbocycles. The van der Waals surface area contributed by atoms with Crippen molar-refractivity contribution in [2.75, 3.05) is 14.2 Å². The Hall–Kier alpha value is -3.83. The highest BCUT2D eigenvalue weighted by Gasteiger charge is 2.44. The Balaban J connectivity index is 1.55. The molecule has 0 aromatic heterocycles. The summed E-state index contributed by atoms with van der Waals surface area (Å²) in [5.41, 5.74) is 0.511. The van der Waals surface area contributed by atoms with Crippen LogP contribution in [0.15, 0.2) is 48.5 Å². The van der Waals surface area contributed by atoms with Crippen LogP contribution < -0.4 is 9.47 Å². The van der Waals surface area contributed by atoms with Crippen LogP contribution in [-0.4, -0.2) is 43.9 Å². The quantitative estimate of drug-likeness (QED) is 0.100. The summed E-state index contributed by atoms with van der Waals surface area (Å²) in [5, 5.41) is 0. The summed E-state index contributed by atoms with van der Waals surface area (Å²) in [6.07, 6.45) is 17.7. The van der Waals surface area contributed by atoms with Crippen LogP contribution in [0.5, 0.6) is 11.5 Å². The number of hydrogen-bond donors (Lipinski definition) is 0. The van der Waals surface area contributed by atoms with Gasteiger partial charge in [-0.1, -0.05) is 89.9 Å². The Labute approximate surface area is 308 Å². The zero-order valence-electron chi connectivity index (χ0n) is 31.2. The number of carbonyl (C=O) groups excluding carboxylic acids is 3. The second-order valence-electron chi connectivity index (χ2n) is 14.0. The third kappa shape index (κ3) is 14.0. The number of benzene rings is 2. The number of hydrogen-bond acceptors (Lipinski definition) is 11. The molecule has 0 N–H and O–H groups in total. The number of methoxy groups -OCH3 is 2. The van der Waals surface area contributed by atoms with Gasteiger partial charge in [-0.15, -0.1) is 9.78 Å². The third-order valence-corrected chi connectivity index (χ3v) is 9.96. The molecule has 2 aromatic rings. The van der Waals surface area contributed by atoms with Crippen molar-refractivity contribution in [1.82, 2.24) is 0 Å². The Bertz CT molecular complexity index is 1220. The fraction of sp³-hybridized carbons (Fsp3) is 0.634. The normalized spacial score (nSPS) is 19.1. The van der Waals surface area contributed by atoms with Gasteiger partial charge in [-0.25, -0.2) is 14.4 Å². The van der Waals surface area contributed by atoms with E-state index in [0.29, 0.717) is 62.9 Å². The van der Waals surface area contributed by atoms with Gasteiger partial charge in [-0.2, -0.15) is 0 Å². The summed E-state index contributed by atoms with van der Waals surface area (Å²) < 4.78 is 22.6. The van der Waals surface area contributed by atoms with Gasteiger partial charge in [0.2, 0.25) is 0 Å². The minimum absolute atomic E-state index is 0.255. The van der Waals surface area contributed by atoms with Crippen LogP contribution in [0.1, 0.15) is 162 Å². The molecule has 288 valence electrons. The maximum Gasteiger partial charge on any atom is 0.513 e. The van der Waals surface area contributed by atoms with Gasteiger partial charge < -0.3 is 18.9 Å². The van der Waals surface area contributed by atoms with E-state index in [1.807, 2.05) is 0 Å². The summed E-state index contributed by atoms with van der Waals surface area (Å²) in [6, 6.07) is 12.9. The van der Waals surface area contributed by atoms with Crippen LogP contribution in [0.3, 0.4) is 0 Å². The Kier molecular flexibility index (Phi) is 17.5. The molecule has 52 heavy (non-hydrogen) atoms. The van der Waals surface area contributed by atoms with E-state index in [1.165, 1.54) is 12.8 Å². The van der Waals surface area contributed by atoms with Crippen LogP contribution in [0, 0.1) is 0 Å². The molecule has 0 bridgehead atoms. The van der Waals surface area contributed by atoms with Gasteiger partial charge >= 0.3 is 18.1 Å². The molecule has 0 aliphatic heterocycles. The van der Waals surface area contributed by atoms with Crippen LogP contribution in [-0.2, 0) is 29.0 Å². The lowest BCUT2D eigenvalue weighted by molar-refractivity contribution is -0.409. The lowest BCUT2D eigenvalue weighted by Gasteiger charge is -2.35. The van der Waals surface area contributed by atoms with Gasteiger partial charge in [0.1, 0.15) is 11.5 Å². The van der Waals surface area contributed by atoms with E-state index < -0.39 is 29.7 Å². The highest BCUT2D eigenvalue weighted by molar-refractivity contribution is 5.89. The molecule has 2 aromatic carbocycles. The van der Waals surface area contributed by atoms with E-state index in [9.17, 15) is 14.4 Å². The van der Waals surface area contributed by atoms with Crippen molar-refractivity contribution in [3.63, 3.8) is 0 Å². The first-order valence-electron chi connectivity index (χ1n) is 19.4. The maximum atomic E-state index is 14.0. The molecule has 0 radical (unpaired) electrons. The van der Waals surface area contributed by atoms with Gasteiger partial charge in [0.25, 0.3) is 11.6 Å². The molecule has 0 amide bonds. The monoisotopic (exact) mass is 726 g/mol. The highest BCUT2D eigenvalue weighted by atomic mass is 17.3. The Morgan fingerprint density at radius 1 is 0.423 bits per heavy atom. The maximum absolute atomic E-state index is 14.0. The first-order valence-corrected chi connectivity index (χ1v) is 19.4. The molecule has 0 heterocycles. The molecule has 2 fully saturated rings. The zero-order chi connectivity index (χ0) is 36.9. The largest absolute Gasteiger partial charge is 0.513 e. The fourth-order valence-corrected chi connectivity index (χ4v) is 6.81. The van der Waals surface area contributed by atoms with Crippen molar-refractivity contribution in [2.24, 2.45) is 0 Å². The lowest BCUT2D eigenvalue weighted by Crippen LogP contribution is -2.44. The molecule has 0 unspecified atom stereocenters.